The molecular formula is C10H14BrN3O. The molecule has 0 saturated heterocycles. The summed E-state index contributed by atoms with van der Waals surface area (Å²) in [6, 6.07) is 0.546. The first-order valence-corrected chi connectivity index (χ1v) is 5.79. The van der Waals surface area contributed by atoms with Crippen molar-refractivity contribution in [3.63, 3.8) is 0 Å². The quantitative estimate of drug-likeness (QED) is 0.762. The molecule has 5 heteroatoms. The van der Waals surface area contributed by atoms with Crippen LogP contribution in [0.2, 0.25) is 0 Å². The van der Waals surface area contributed by atoms with Crippen LogP contribution in [0.3, 0.4) is 0 Å². The predicted molar refractivity (Wildman–Crippen MR) is 61.1 cm³/mol. The molecule has 0 N–H and O–H groups in total. The molecule has 0 fully saturated rings. The summed E-state index contributed by atoms with van der Waals surface area (Å²) >= 11 is 3.41. The summed E-state index contributed by atoms with van der Waals surface area (Å²) in [7, 11) is 4.18. The monoisotopic (exact) mass is 271 g/mol. The molecule has 0 amide bonds. The number of halogens is 1. The lowest BCUT2D eigenvalue weighted by atomic mass is 10.0. The van der Waals surface area contributed by atoms with Crippen LogP contribution in [-0.4, -0.2) is 40.9 Å². The minimum Gasteiger partial charge on any atom is -0.325 e. The highest BCUT2D eigenvalue weighted by Gasteiger charge is 2.25. The summed E-state index contributed by atoms with van der Waals surface area (Å²) in [5.74, 6) is 0.536. The van der Waals surface area contributed by atoms with Crippen molar-refractivity contribution in [3.05, 3.63) is 16.1 Å². The van der Waals surface area contributed by atoms with E-state index in [0.29, 0.717) is 11.9 Å². The maximum absolute atomic E-state index is 10.8. The van der Waals surface area contributed by atoms with E-state index in [9.17, 15) is 4.79 Å². The third kappa shape index (κ3) is 1.86. The van der Waals surface area contributed by atoms with Gasteiger partial charge >= 0.3 is 0 Å². The largest absolute Gasteiger partial charge is 0.325 e. The van der Waals surface area contributed by atoms with E-state index in [1.165, 1.54) is 0 Å². The number of fused-ring (bicyclic) bond motifs is 1. The fourth-order valence-corrected chi connectivity index (χ4v) is 2.61. The van der Waals surface area contributed by atoms with E-state index in [4.69, 9.17) is 0 Å². The van der Waals surface area contributed by atoms with Crippen LogP contribution in [0.15, 0.2) is 4.60 Å². The number of likely N-dealkylation sites (N-methyl/N-ethyl adjacent to an activating group) is 1. The minimum atomic E-state index is 0.536. The van der Waals surface area contributed by atoms with Gasteiger partial charge in [0.2, 0.25) is 0 Å². The van der Waals surface area contributed by atoms with E-state index in [-0.39, 0.29) is 0 Å². The number of aromatic nitrogens is 2. The van der Waals surface area contributed by atoms with Crippen molar-refractivity contribution in [2.24, 2.45) is 0 Å². The number of hydrogen-bond donors (Lipinski definition) is 0. The van der Waals surface area contributed by atoms with Crippen LogP contribution < -0.4 is 0 Å². The van der Waals surface area contributed by atoms with Gasteiger partial charge in [-0.1, -0.05) is 0 Å². The number of carbonyl (C=O) groups is 1. The average Bonchev–Trinajstić information content (AvgIpc) is 2.55. The summed E-state index contributed by atoms with van der Waals surface area (Å²) < 4.78 is 2.83. The van der Waals surface area contributed by atoms with E-state index >= 15 is 0 Å². The lowest BCUT2D eigenvalue weighted by molar-refractivity contribution is 0.110. The van der Waals surface area contributed by atoms with Gasteiger partial charge < -0.3 is 9.47 Å². The molecule has 1 unspecified atom stereocenters. The SMILES string of the molecule is CN(C)C1CCn2c(C=O)nc(Br)c2C1. The van der Waals surface area contributed by atoms with E-state index in [1.807, 2.05) is 4.57 Å². The van der Waals surface area contributed by atoms with Gasteiger partial charge in [0.15, 0.2) is 12.1 Å². The Bertz CT molecular complexity index is 386. The number of carbonyl (C=O) groups excluding carboxylic acids is 1. The zero-order valence-electron chi connectivity index (χ0n) is 8.90. The number of aldehydes is 1. The number of hydrogen-bond acceptors (Lipinski definition) is 3. The molecule has 2 heterocycles. The molecule has 0 saturated carbocycles. The van der Waals surface area contributed by atoms with Gasteiger partial charge in [0.25, 0.3) is 0 Å². The Balaban J connectivity index is 2.33. The first-order valence-electron chi connectivity index (χ1n) is 5.00. The Labute approximate surface area is 97.4 Å². The third-order valence-corrected chi connectivity index (χ3v) is 3.64. The topological polar surface area (TPSA) is 38.1 Å². The number of nitrogens with zero attached hydrogens (tertiary/aromatic N) is 3. The maximum atomic E-state index is 10.8. The Kier molecular flexibility index (Phi) is 2.93. The van der Waals surface area contributed by atoms with Crippen molar-refractivity contribution in [1.29, 1.82) is 0 Å². The average molecular weight is 272 g/mol. The van der Waals surface area contributed by atoms with Gasteiger partial charge in [0.05, 0.1) is 5.69 Å². The molecular weight excluding hydrogens is 258 g/mol. The lowest BCUT2D eigenvalue weighted by Gasteiger charge is -2.29. The molecule has 1 aromatic rings. The van der Waals surface area contributed by atoms with Gasteiger partial charge in [0.1, 0.15) is 4.60 Å². The van der Waals surface area contributed by atoms with Gasteiger partial charge in [0, 0.05) is 19.0 Å². The molecule has 82 valence electrons. The Morgan fingerprint density at radius 3 is 2.93 bits per heavy atom. The zero-order valence-corrected chi connectivity index (χ0v) is 10.5. The first kappa shape index (κ1) is 10.8. The van der Waals surface area contributed by atoms with Crippen molar-refractivity contribution in [1.82, 2.24) is 14.5 Å². The fourth-order valence-electron chi connectivity index (χ4n) is 2.05. The van der Waals surface area contributed by atoms with E-state index in [0.717, 1.165) is 36.0 Å². The van der Waals surface area contributed by atoms with Crippen LogP contribution in [-0.2, 0) is 13.0 Å². The second-order valence-electron chi connectivity index (χ2n) is 4.09. The van der Waals surface area contributed by atoms with Crippen LogP contribution in [0.25, 0.3) is 0 Å². The third-order valence-electron chi connectivity index (χ3n) is 3.00. The molecule has 0 aromatic carbocycles. The van der Waals surface area contributed by atoms with Crippen LogP contribution in [0.1, 0.15) is 22.7 Å². The lowest BCUT2D eigenvalue weighted by Crippen LogP contribution is -2.35. The highest BCUT2D eigenvalue weighted by atomic mass is 79.9. The van der Waals surface area contributed by atoms with Crippen molar-refractivity contribution < 1.29 is 4.79 Å². The van der Waals surface area contributed by atoms with Crippen molar-refractivity contribution in [3.8, 4) is 0 Å². The molecule has 1 aliphatic heterocycles. The van der Waals surface area contributed by atoms with E-state index in [1.54, 1.807) is 0 Å². The Morgan fingerprint density at radius 1 is 1.60 bits per heavy atom. The van der Waals surface area contributed by atoms with E-state index < -0.39 is 0 Å². The van der Waals surface area contributed by atoms with Crippen molar-refractivity contribution >= 4 is 22.2 Å². The number of imidazole rings is 1. The molecule has 1 aromatic heterocycles. The van der Waals surface area contributed by atoms with Crippen molar-refractivity contribution in [2.75, 3.05) is 14.1 Å². The summed E-state index contributed by atoms with van der Waals surface area (Å²) in [6.45, 7) is 0.880. The van der Waals surface area contributed by atoms with Crippen LogP contribution in [0, 0.1) is 0 Å². The van der Waals surface area contributed by atoms with Crippen LogP contribution in [0.5, 0.6) is 0 Å². The second-order valence-corrected chi connectivity index (χ2v) is 4.84. The zero-order chi connectivity index (χ0) is 11.0. The molecule has 1 aliphatic rings. The normalized spacial score (nSPS) is 20.4. The Morgan fingerprint density at radius 2 is 2.33 bits per heavy atom. The molecule has 2 rings (SSSR count). The molecule has 0 aliphatic carbocycles. The summed E-state index contributed by atoms with van der Waals surface area (Å²) in [6.07, 6.45) is 2.85. The van der Waals surface area contributed by atoms with Crippen LogP contribution in [0.4, 0.5) is 0 Å². The summed E-state index contributed by atoms with van der Waals surface area (Å²) in [5, 5.41) is 0. The maximum Gasteiger partial charge on any atom is 0.185 e. The van der Waals surface area contributed by atoms with Gasteiger partial charge in [-0.25, -0.2) is 4.98 Å². The number of rotatable bonds is 2. The van der Waals surface area contributed by atoms with Crippen molar-refractivity contribution in [2.45, 2.75) is 25.4 Å². The standard InChI is InChI=1S/C10H14BrN3O/c1-13(2)7-3-4-14-8(5-7)10(11)12-9(14)6-15/h6-7H,3-5H2,1-2H3. The minimum absolute atomic E-state index is 0.536. The molecule has 1 atom stereocenters. The first-order chi connectivity index (χ1) is 7.13. The smallest absolute Gasteiger partial charge is 0.185 e. The Hall–Kier alpha value is -0.680. The van der Waals surface area contributed by atoms with Gasteiger partial charge in [-0.3, -0.25) is 4.79 Å². The molecule has 0 spiro atoms. The predicted octanol–water partition coefficient (Wildman–Crippen LogP) is 1.33. The van der Waals surface area contributed by atoms with E-state index in [2.05, 4.69) is 39.9 Å². The highest BCUT2D eigenvalue weighted by molar-refractivity contribution is 9.10. The van der Waals surface area contributed by atoms with Gasteiger partial charge in [-0.15, -0.1) is 0 Å². The molecule has 0 bridgehead atoms. The van der Waals surface area contributed by atoms with Crippen LogP contribution >= 0.6 is 15.9 Å². The molecule has 0 radical (unpaired) electrons. The van der Waals surface area contributed by atoms with Gasteiger partial charge in [-0.2, -0.15) is 0 Å². The summed E-state index contributed by atoms with van der Waals surface area (Å²) in [4.78, 5) is 17.2. The second kappa shape index (κ2) is 4.06. The summed E-state index contributed by atoms with van der Waals surface area (Å²) in [5.41, 5.74) is 1.14. The molecule has 4 nitrogen and oxygen atoms in total. The fraction of sp³-hybridized carbons (Fsp3) is 0.600. The van der Waals surface area contributed by atoms with Gasteiger partial charge in [-0.05, 0) is 36.4 Å². The highest BCUT2D eigenvalue weighted by Crippen LogP contribution is 2.25. The molecule has 15 heavy (non-hydrogen) atoms.